The topological polar surface area (TPSA) is 61.9 Å². The molecular formula is C20H31N3O3. The maximum absolute atomic E-state index is 12.5. The lowest BCUT2D eigenvalue weighted by atomic mass is 9.97. The van der Waals surface area contributed by atoms with Gasteiger partial charge in [0.1, 0.15) is 5.75 Å². The number of rotatable bonds is 5. The molecule has 1 saturated heterocycles. The van der Waals surface area contributed by atoms with Gasteiger partial charge in [0.05, 0.1) is 0 Å². The van der Waals surface area contributed by atoms with E-state index in [9.17, 15) is 9.59 Å². The average molecular weight is 361 g/mol. The highest BCUT2D eigenvalue weighted by Crippen LogP contribution is 2.23. The molecule has 1 fully saturated rings. The quantitative estimate of drug-likeness (QED) is 0.874. The summed E-state index contributed by atoms with van der Waals surface area (Å²) in [5, 5.41) is 2.85. The summed E-state index contributed by atoms with van der Waals surface area (Å²) in [4.78, 5) is 28.0. The van der Waals surface area contributed by atoms with Gasteiger partial charge in [0.2, 0.25) is 0 Å². The molecule has 1 aliphatic heterocycles. The minimum atomic E-state index is -0.156. The number of nitrogens with one attached hydrogen (secondary N) is 1. The summed E-state index contributed by atoms with van der Waals surface area (Å²) in [5.41, 5.74) is 0.764. The van der Waals surface area contributed by atoms with Gasteiger partial charge in [-0.1, -0.05) is 0 Å². The Morgan fingerprint density at radius 3 is 2.31 bits per heavy atom. The standard InChI is InChI=1S/C20H31N3O3/c1-14(2)21-20(25)22(5)17-9-11-18(12-10-17)26-13-19(24)23-15(3)7-6-8-16(23)4/h9-12,14-16H,6-8,13H2,1-5H3,(H,21,25). The molecule has 144 valence electrons. The lowest BCUT2D eigenvalue weighted by Gasteiger charge is -2.38. The zero-order valence-electron chi connectivity index (χ0n) is 16.5. The maximum atomic E-state index is 12.5. The van der Waals surface area contributed by atoms with Crippen LogP contribution in [-0.2, 0) is 4.79 Å². The van der Waals surface area contributed by atoms with Crippen LogP contribution in [0.3, 0.4) is 0 Å². The first kappa shape index (κ1) is 20.1. The van der Waals surface area contributed by atoms with Crippen LogP contribution in [0.4, 0.5) is 10.5 Å². The fourth-order valence-corrected chi connectivity index (χ4v) is 3.36. The van der Waals surface area contributed by atoms with E-state index in [2.05, 4.69) is 19.2 Å². The summed E-state index contributed by atoms with van der Waals surface area (Å²) < 4.78 is 5.67. The molecule has 0 bridgehead atoms. The molecule has 6 heteroatoms. The molecule has 1 aromatic carbocycles. The number of amides is 3. The van der Waals surface area contributed by atoms with Gasteiger partial charge in [0.15, 0.2) is 6.61 Å². The van der Waals surface area contributed by atoms with Crippen LogP contribution in [0.25, 0.3) is 0 Å². The highest BCUT2D eigenvalue weighted by molar-refractivity contribution is 5.91. The molecule has 1 heterocycles. The molecule has 6 nitrogen and oxygen atoms in total. The Morgan fingerprint density at radius 1 is 1.19 bits per heavy atom. The van der Waals surface area contributed by atoms with Gasteiger partial charge in [0.25, 0.3) is 5.91 Å². The highest BCUT2D eigenvalue weighted by Gasteiger charge is 2.28. The van der Waals surface area contributed by atoms with Crippen LogP contribution < -0.4 is 15.0 Å². The van der Waals surface area contributed by atoms with Gasteiger partial charge in [-0.05, 0) is 71.2 Å². The van der Waals surface area contributed by atoms with Crippen molar-refractivity contribution in [1.82, 2.24) is 10.2 Å². The summed E-state index contributed by atoms with van der Waals surface area (Å²) in [7, 11) is 1.72. The zero-order chi connectivity index (χ0) is 19.3. The molecule has 2 atom stereocenters. The third-order valence-electron chi connectivity index (χ3n) is 4.78. The van der Waals surface area contributed by atoms with E-state index in [1.165, 1.54) is 6.42 Å². The largest absolute Gasteiger partial charge is 0.484 e. The van der Waals surface area contributed by atoms with E-state index in [-0.39, 0.29) is 36.7 Å². The van der Waals surface area contributed by atoms with Crippen LogP contribution >= 0.6 is 0 Å². The third-order valence-corrected chi connectivity index (χ3v) is 4.78. The molecule has 0 aliphatic carbocycles. The Kier molecular flexibility index (Phi) is 6.89. The minimum absolute atomic E-state index is 0.0298. The van der Waals surface area contributed by atoms with Crippen molar-refractivity contribution in [2.24, 2.45) is 0 Å². The van der Waals surface area contributed by atoms with E-state index in [0.717, 1.165) is 18.5 Å². The Bertz CT molecular complexity index is 605. The van der Waals surface area contributed by atoms with Crippen LogP contribution in [-0.4, -0.2) is 48.6 Å². The molecule has 0 aromatic heterocycles. The molecule has 0 radical (unpaired) electrons. The Balaban J connectivity index is 1.91. The van der Waals surface area contributed by atoms with E-state index < -0.39 is 0 Å². The third kappa shape index (κ3) is 5.13. The fraction of sp³-hybridized carbons (Fsp3) is 0.600. The first-order valence-electron chi connectivity index (χ1n) is 9.37. The molecule has 3 amide bonds. The predicted octanol–water partition coefficient (Wildman–Crippen LogP) is 3.41. The van der Waals surface area contributed by atoms with Crippen molar-refractivity contribution < 1.29 is 14.3 Å². The lowest BCUT2D eigenvalue weighted by Crippen LogP contribution is -2.49. The number of likely N-dealkylation sites (tertiary alicyclic amines) is 1. The first-order valence-corrected chi connectivity index (χ1v) is 9.37. The molecule has 0 spiro atoms. The number of ether oxygens (including phenoxy) is 1. The summed E-state index contributed by atoms with van der Waals surface area (Å²) in [5.74, 6) is 0.652. The number of piperidine rings is 1. The Labute approximate surface area is 156 Å². The van der Waals surface area contributed by atoms with Crippen molar-refractivity contribution in [3.63, 3.8) is 0 Å². The van der Waals surface area contributed by atoms with E-state index in [1.807, 2.05) is 30.9 Å². The van der Waals surface area contributed by atoms with Crippen LogP contribution in [0.5, 0.6) is 5.75 Å². The van der Waals surface area contributed by atoms with E-state index >= 15 is 0 Å². The highest BCUT2D eigenvalue weighted by atomic mass is 16.5. The second-order valence-corrected chi connectivity index (χ2v) is 7.38. The van der Waals surface area contributed by atoms with Gasteiger partial charge in [-0.3, -0.25) is 9.69 Å². The monoisotopic (exact) mass is 361 g/mol. The van der Waals surface area contributed by atoms with Crippen LogP contribution in [0.1, 0.15) is 47.0 Å². The maximum Gasteiger partial charge on any atom is 0.321 e. The SMILES string of the molecule is CC(C)NC(=O)N(C)c1ccc(OCC(=O)N2C(C)CCCC2C)cc1. The fourth-order valence-electron chi connectivity index (χ4n) is 3.36. The predicted molar refractivity (Wildman–Crippen MR) is 104 cm³/mol. The number of carbonyl (C=O) groups is 2. The number of urea groups is 1. The lowest BCUT2D eigenvalue weighted by molar-refractivity contribution is -0.139. The molecule has 2 unspecified atom stereocenters. The summed E-state index contributed by atoms with van der Waals surface area (Å²) in [6.45, 7) is 8.08. The smallest absolute Gasteiger partial charge is 0.321 e. The van der Waals surface area contributed by atoms with Gasteiger partial charge in [-0.15, -0.1) is 0 Å². The van der Waals surface area contributed by atoms with Crippen LogP contribution in [0, 0.1) is 0 Å². The molecular weight excluding hydrogens is 330 g/mol. The van der Waals surface area contributed by atoms with Gasteiger partial charge in [0, 0.05) is 30.9 Å². The van der Waals surface area contributed by atoms with E-state index in [1.54, 1.807) is 24.1 Å². The second kappa shape index (κ2) is 8.92. The summed E-state index contributed by atoms with van der Waals surface area (Å²) in [6, 6.07) is 7.65. The number of benzene rings is 1. The molecule has 2 rings (SSSR count). The van der Waals surface area contributed by atoms with Gasteiger partial charge >= 0.3 is 6.03 Å². The van der Waals surface area contributed by atoms with Crippen molar-refractivity contribution in [3.05, 3.63) is 24.3 Å². The molecule has 1 aliphatic rings. The van der Waals surface area contributed by atoms with E-state index in [0.29, 0.717) is 5.75 Å². The number of carbonyl (C=O) groups excluding carboxylic acids is 2. The Hall–Kier alpha value is -2.24. The van der Waals surface area contributed by atoms with Crippen molar-refractivity contribution in [2.75, 3.05) is 18.6 Å². The molecule has 26 heavy (non-hydrogen) atoms. The van der Waals surface area contributed by atoms with Crippen LogP contribution in [0.15, 0.2) is 24.3 Å². The zero-order valence-corrected chi connectivity index (χ0v) is 16.5. The van der Waals surface area contributed by atoms with Crippen molar-refractivity contribution >= 4 is 17.6 Å². The van der Waals surface area contributed by atoms with Crippen molar-refractivity contribution in [2.45, 2.75) is 65.1 Å². The number of anilines is 1. The minimum Gasteiger partial charge on any atom is -0.484 e. The molecule has 1 N–H and O–H groups in total. The van der Waals surface area contributed by atoms with Crippen LogP contribution in [0.2, 0.25) is 0 Å². The first-order chi connectivity index (χ1) is 12.3. The summed E-state index contributed by atoms with van der Waals surface area (Å²) in [6.07, 6.45) is 3.28. The van der Waals surface area contributed by atoms with Gasteiger partial charge in [-0.25, -0.2) is 4.79 Å². The van der Waals surface area contributed by atoms with Crippen molar-refractivity contribution in [1.29, 1.82) is 0 Å². The summed E-state index contributed by atoms with van der Waals surface area (Å²) >= 11 is 0. The number of hydrogen-bond acceptors (Lipinski definition) is 3. The molecule has 0 saturated carbocycles. The van der Waals surface area contributed by atoms with Gasteiger partial charge < -0.3 is 15.0 Å². The second-order valence-electron chi connectivity index (χ2n) is 7.38. The van der Waals surface area contributed by atoms with E-state index in [4.69, 9.17) is 4.74 Å². The average Bonchev–Trinajstić information content (AvgIpc) is 2.59. The number of nitrogens with zero attached hydrogens (tertiary/aromatic N) is 2. The number of hydrogen-bond donors (Lipinski definition) is 1. The normalized spacial score (nSPS) is 20.0. The van der Waals surface area contributed by atoms with Gasteiger partial charge in [-0.2, -0.15) is 0 Å². The Morgan fingerprint density at radius 2 is 1.77 bits per heavy atom. The van der Waals surface area contributed by atoms with Crippen molar-refractivity contribution in [3.8, 4) is 5.75 Å². The molecule has 1 aromatic rings.